The number of carbonyl (C=O) groups excluding carboxylic acids is 1. The zero-order valence-electron chi connectivity index (χ0n) is 17.0. The van der Waals surface area contributed by atoms with E-state index in [1.807, 2.05) is 6.92 Å². The Morgan fingerprint density at radius 2 is 1.71 bits per heavy atom. The largest absolute Gasteiger partial charge is 0.416 e. The molecule has 0 unspecified atom stereocenters. The van der Waals surface area contributed by atoms with Crippen molar-refractivity contribution < 1.29 is 18.0 Å². The fraction of sp³-hybridized carbons (Fsp3) is 0.318. The minimum absolute atomic E-state index is 0.121. The van der Waals surface area contributed by atoms with Gasteiger partial charge in [-0.2, -0.15) is 18.3 Å². The standard InChI is InChI=1S/C22H22F3N5O/c1-15-26-20(28-27-15)14-29-10-12-30(13-11-29)21(31)19-5-3-2-4-18(19)16-6-8-17(9-7-16)22(23,24)25/h2-9H,10-14H2,1H3,(H,26,27,28). The molecule has 2 heterocycles. The van der Waals surface area contributed by atoms with Gasteiger partial charge in [0.15, 0.2) is 5.82 Å². The summed E-state index contributed by atoms with van der Waals surface area (Å²) >= 11 is 0. The molecule has 6 nitrogen and oxygen atoms in total. The molecule has 3 aromatic rings. The number of nitrogens with one attached hydrogen (secondary N) is 1. The molecule has 162 valence electrons. The number of amides is 1. The number of aromatic nitrogens is 3. The Morgan fingerprint density at radius 1 is 1.03 bits per heavy atom. The normalized spacial score (nSPS) is 15.3. The van der Waals surface area contributed by atoms with E-state index >= 15 is 0 Å². The Labute approximate surface area is 177 Å². The van der Waals surface area contributed by atoms with Crippen LogP contribution >= 0.6 is 0 Å². The molecular weight excluding hydrogens is 407 g/mol. The lowest BCUT2D eigenvalue weighted by molar-refractivity contribution is -0.137. The van der Waals surface area contributed by atoms with Gasteiger partial charge in [-0.25, -0.2) is 4.98 Å². The molecule has 1 saturated heterocycles. The van der Waals surface area contributed by atoms with Crippen molar-refractivity contribution in [2.75, 3.05) is 26.2 Å². The van der Waals surface area contributed by atoms with Crippen molar-refractivity contribution in [3.63, 3.8) is 0 Å². The smallest absolute Gasteiger partial charge is 0.336 e. The number of alkyl halides is 3. The number of nitrogens with zero attached hydrogens (tertiary/aromatic N) is 4. The van der Waals surface area contributed by atoms with Gasteiger partial charge in [-0.3, -0.25) is 14.8 Å². The highest BCUT2D eigenvalue weighted by Gasteiger charge is 2.30. The molecule has 0 bridgehead atoms. The van der Waals surface area contributed by atoms with E-state index in [-0.39, 0.29) is 5.91 Å². The average molecular weight is 429 g/mol. The first kappa shape index (κ1) is 21.0. The number of rotatable bonds is 4. The number of aromatic amines is 1. The summed E-state index contributed by atoms with van der Waals surface area (Å²) in [7, 11) is 0. The molecule has 2 aromatic carbocycles. The summed E-state index contributed by atoms with van der Waals surface area (Å²) in [4.78, 5) is 21.5. The summed E-state index contributed by atoms with van der Waals surface area (Å²) in [5.41, 5.74) is 0.980. The van der Waals surface area contributed by atoms with Gasteiger partial charge in [-0.15, -0.1) is 0 Å². The molecule has 0 spiro atoms. The minimum Gasteiger partial charge on any atom is -0.336 e. The fourth-order valence-corrected chi connectivity index (χ4v) is 3.70. The topological polar surface area (TPSA) is 65.1 Å². The second kappa shape index (κ2) is 8.50. The molecule has 1 amide bonds. The van der Waals surface area contributed by atoms with Crippen LogP contribution in [0.2, 0.25) is 0 Å². The third kappa shape index (κ3) is 4.77. The summed E-state index contributed by atoms with van der Waals surface area (Å²) in [5.74, 6) is 1.37. The lowest BCUT2D eigenvalue weighted by Gasteiger charge is -2.34. The van der Waals surface area contributed by atoms with E-state index in [2.05, 4.69) is 20.1 Å². The highest BCUT2D eigenvalue weighted by atomic mass is 19.4. The molecule has 1 aromatic heterocycles. The van der Waals surface area contributed by atoms with Crippen LogP contribution in [-0.4, -0.2) is 57.1 Å². The van der Waals surface area contributed by atoms with E-state index in [1.165, 1.54) is 12.1 Å². The Balaban J connectivity index is 1.46. The number of carbonyl (C=O) groups is 1. The summed E-state index contributed by atoms with van der Waals surface area (Å²) in [6, 6.07) is 11.9. The maximum absolute atomic E-state index is 13.2. The summed E-state index contributed by atoms with van der Waals surface area (Å²) < 4.78 is 38.6. The Kier molecular flexibility index (Phi) is 5.77. The molecule has 1 N–H and O–H groups in total. The van der Waals surface area contributed by atoms with Crippen molar-refractivity contribution in [3.8, 4) is 11.1 Å². The van der Waals surface area contributed by atoms with E-state index in [0.717, 1.165) is 23.8 Å². The summed E-state index contributed by atoms with van der Waals surface area (Å²) in [6.45, 7) is 4.98. The van der Waals surface area contributed by atoms with Crippen LogP contribution in [-0.2, 0) is 12.7 Å². The van der Waals surface area contributed by atoms with Gasteiger partial charge in [-0.1, -0.05) is 30.3 Å². The van der Waals surface area contributed by atoms with Gasteiger partial charge in [0, 0.05) is 31.7 Å². The summed E-state index contributed by atoms with van der Waals surface area (Å²) in [6.07, 6.45) is -4.39. The SMILES string of the molecule is Cc1nc(CN2CCN(C(=O)c3ccccc3-c3ccc(C(F)(F)F)cc3)CC2)n[nH]1. The van der Waals surface area contributed by atoms with Crippen molar-refractivity contribution in [1.82, 2.24) is 25.0 Å². The molecule has 9 heteroatoms. The van der Waals surface area contributed by atoms with Gasteiger partial charge >= 0.3 is 6.18 Å². The predicted octanol–water partition coefficient (Wildman–Crippen LogP) is 3.76. The maximum Gasteiger partial charge on any atom is 0.416 e. The minimum atomic E-state index is -4.39. The van der Waals surface area contributed by atoms with Gasteiger partial charge in [-0.05, 0) is 36.2 Å². The Hall–Kier alpha value is -3.20. The average Bonchev–Trinajstić information content (AvgIpc) is 3.18. The number of benzene rings is 2. The Morgan fingerprint density at radius 3 is 2.32 bits per heavy atom. The molecule has 4 rings (SSSR count). The van der Waals surface area contributed by atoms with Crippen molar-refractivity contribution in [3.05, 3.63) is 71.3 Å². The Bertz CT molecular complexity index is 1050. The molecule has 31 heavy (non-hydrogen) atoms. The second-order valence-electron chi connectivity index (χ2n) is 7.53. The molecule has 1 aliphatic rings. The van der Waals surface area contributed by atoms with E-state index < -0.39 is 11.7 Å². The highest BCUT2D eigenvalue weighted by molar-refractivity contribution is 6.01. The molecule has 1 aliphatic heterocycles. The number of H-pyrrole nitrogens is 1. The first-order chi connectivity index (χ1) is 14.8. The molecule has 0 atom stereocenters. The van der Waals surface area contributed by atoms with Gasteiger partial charge in [0.05, 0.1) is 12.1 Å². The van der Waals surface area contributed by atoms with Gasteiger partial charge in [0.25, 0.3) is 5.91 Å². The highest BCUT2D eigenvalue weighted by Crippen LogP contribution is 2.32. The molecule has 0 radical (unpaired) electrons. The zero-order chi connectivity index (χ0) is 22.0. The number of aryl methyl sites for hydroxylation is 1. The monoisotopic (exact) mass is 429 g/mol. The molecule has 0 aliphatic carbocycles. The number of halogens is 3. The van der Waals surface area contributed by atoms with Crippen LogP contribution in [0.5, 0.6) is 0 Å². The van der Waals surface area contributed by atoms with Crippen LogP contribution in [0.15, 0.2) is 48.5 Å². The number of piperazine rings is 1. The van der Waals surface area contributed by atoms with E-state index in [1.54, 1.807) is 29.2 Å². The molecule has 0 saturated carbocycles. The van der Waals surface area contributed by atoms with E-state index in [4.69, 9.17) is 0 Å². The van der Waals surface area contributed by atoms with Gasteiger partial charge in [0.1, 0.15) is 5.82 Å². The van der Waals surface area contributed by atoms with Crippen LogP contribution < -0.4 is 0 Å². The zero-order valence-corrected chi connectivity index (χ0v) is 17.0. The lowest BCUT2D eigenvalue weighted by Crippen LogP contribution is -2.48. The molecular formula is C22H22F3N5O. The van der Waals surface area contributed by atoms with Crippen LogP contribution in [0.3, 0.4) is 0 Å². The summed E-state index contributed by atoms with van der Waals surface area (Å²) in [5, 5.41) is 6.97. The molecule has 1 fully saturated rings. The fourth-order valence-electron chi connectivity index (χ4n) is 3.70. The first-order valence-electron chi connectivity index (χ1n) is 9.97. The maximum atomic E-state index is 13.2. The van der Waals surface area contributed by atoms with E-state index in [0.29, 0.717) is 49.4 Å². The lowest BCUT2D eigenvalue weighted by atomic mass is 9.97. The van der Waals surface area contributed by atoms with Gasteiger partial charge < -0.3 is 4.90 Å². The first-order valence-corrected chi connectivity index (χ1v) is 9.97. The number of hydrogen-bond donors (Lipinski definition) is 1. The van der Waals surface area contributed by atoms with Crippen LogP contribution in [0.25, 0.3) is 11.1 Å². The number of hydrogen-bond acceptors (Lipinski definition) is 4. The van der Waals surface area contributed by atoms with Gasteiger partial charge in [0.2, 0.25) is 0 Å². The second-order valence-corrected chi connectivity index (χ2v) is 7.53. The predicted molar refractivity (Wildman–Crippen MR) is 109 cm³/mol. The van der Waals surface area contributed by atoms with Crippen LogP contribution in [0.1, 0.15) is 27.6 Å². The van der Waals surface area contributed by atoms with Crippen molar-refractivity contribution >= 4 is 5.91 Å². The van der Waals surface area contributed by atoms with Crippen molar-refractivity contribution in [2.45, 2.75) is 19.6 Å². The van der Waals surface area contributed by atoms with Crippen LogP contribution in [0.4, 0.5) is 13.2 Å². The third-order valence-electron chi connectivity index (χ3n) is 5.35. The third-order valence-corrected chi connectivity index (χ3v) is 5.35. The van der Waals surface area contributed by atoms with Crippen molar-refractivity contribution in [2.24, 2.45) is 0 Å². The van der Waals surface area contributed by atoms with Crippen molar-refractivity contribution in [1.29, 1.82) is 0 Å². The van der Waals surface area contributed by atoms with Crippen LogP contribution in [0, 0.1) is 6.92 Å². The van der Waals surface area contributed by atoms with E-state index in [9.17, 15) is 18.0 Å². The quantitative estimate of drug-likeness (QED) is 0.686.